The van der Waals surface area contributed by atoms with Crippen molar-refractivity contribution in [1.82, 2.24) is 0 Å². The predicted octanol–water partition coefficient (Wildman–Crippen LogP) is 2.96. The maximum Gasteiger partial charge on any atom is 0.238 e. The van der Waals surface area contributed by atoms with Crippen molar-refractivity contribution >= 4 is 29.1 Å². The van der Waals surface area contributed by atoms with Crippen LogP contribution in [0.5, 0.6) is 0 Å². The monoisotopic (exact) mass is 287 g/mol. The van der Waals surface area contributed by atoms with Gasteiger partial charge >= 0.3 is 0 Å². The number of carbonyl (C=O) groups is 2. The second-order valence-electron chi connectivity index (χ2n) is 5.94. The van der Waals surface area contributed by atoms with E-state index >= 15 is 0 Å². The number of carbonyl (C=O) groups excluding carboxylic acids is 2. The fourth-order valence-electron chi connectivity index (χ4n) is 3.96. The summed E-state index contributed by atoms with van der Waals surface area (Å²) in [7, 11) is 0. The SMILES string of the molecule is Cc1ccc(Cl)cc1N1C(=O)[C@@H]2[C@H](C1=O)[C@H]1C=C[C@H]2C1. The number of imide groups is 1. The number of hydrogen-bond donors (Lipinski definition) is 0. The first-order valence-corrected chi connectivity index (χ1v) is 7.28. The molecular weight excluding hydrogens is 274 g/mol. The fourth-order valence-corrected chi connectivity index (χ4v) is 4.13. The van der Waals surface area contributed by atoms with Crippen LogP contribution < -0.4 is 4.90 Å². The maximum atomic E-state index is 12.7. The second-order valence-corrected chi connectivity index (χ2v) is 6.38. The van der Waals surface area contributed by atoms with Crippen LogP contribution in [-0.2, 0) is 9.59 Å². The minimum absolute atomic E-state index is 0.0535. The predicted molar refractivity (Wildman–Crippen MR) is 76.4 cm³/mol. The molecule has 3 nitrogen and oxygen atoms in total. The first-order valence-electron chi connectivity index (χ1n) is 6.90. The Bertz CT molecular complexity index is 636. The number of amides is 2. The molecule has 102 valence electrons. The van der Waals surface area contributed by atoms with E-state index in [2.05, 4.69) is 12.2 Å². The van der Waals surface area contributed by atoms with Crippen LogP contribution in [0.25, 0.3) is 0 Å². The van der Waals surface area contributed by atoms with E-state index < -0.39 is 0 Å². The van der Waals surface area contributed by atoms with Crippen molar-refractivity contribution in [2.45, 2.75) is 13.3 Å². The van der Waals surface area contributed by atoms with Crippen molar-refractivity contribution in [2.24, 2.45) is 23.7 Å². The van der Waals surface area contributed by atoms with Gasteiger partial charge in [0, 0.05) is 5.02 Å². The number of anilines is 1. The van der Waals surface area contributed by atoms with Gasteiger partial charge in [-0.05, 0) is 42.9 Å². The van der Waals surface area contributed by atoms with Gasteiger partial charge in [0.25, 0.3) is 0 Å². The van der Waals surface area contributed by atoms with Gasteiger partial charge in [0.2, 0.25) is 11.8 Å². The molecule has 1 saturated heterocycles. The third-order valence-corrected chi connectivity index (χ3v) is 5.12. The van der Waals surface area contributed by atoms with Gasteiger partial charge in [-0.15, -0.1) is 0 Å². The molecule has 0 unspecified atom stereocenters. The summed E-state index contributed by atoms with van der Waals surface area (Å²) in [5.41, 5.74) is 1.54. The molecule has 1 aliphatic heterocycles. The fraction of sp³-hybridized carbons (Fsp3) is 0.375. The molecule has 1 saturated carbocycles. The highest BCUT2D eigenvalue weighted by atomic mass is 35.5. The molecular formula is C16H14ClNO2. The summed E-state index contributed by atoms with van der Waals surface area (Å²) in [6.07, 6.45) is 5.16. The van der Waals surface area contributed by atoms with Crippen molar-refractivity contribution in [2.75, 3.05) is 4.90 Å². The summed E-state index contributed by atoms with van der Waals surface area (Å²) < 4.78 is 0. The molecule has 20 heavy (non-hydrogen) atoms. The van der Waals surface area contributed by atoms with Crippen LogP contribution in [0.1, 0.15) is 12.0 Å². The Morgan fingerprint density at radius 1 is 1.10 bits per heavy atom. The van der Waals surface area contributed by atoms with Gasteiger partial charge in [0.15, 0.2) is 0 Å². The van der Waals surface area contributed by atoms with E-state index in [1.54, 1.807) is 12.1 Å². The highest BCUT2D eigenvalue weighted by Gasteiger charge is 2.59. The lowest BCUT2D eigenvalue weighted by Crippen LogP contribution is -2.33. The molecule has 3 aliphatic rings. The Kier molecular flexibility index (Phi) is 2.40. The number of fused-ring (bicyclic) bond motifs is 5. The molecule has 0 aromatic heterocycles. The number of allylic oxidation sites excluding steroid dienone is 2. The number of rotatable bonds is 1. The normalized spacial score (nSPS) is 34.2. The summed E-state index contributed by atoms with van der Waals surface area (Å²) in [5, 5.41) is 0.546. The maximum absolute atomic E-state index is 12.7. The summed E-state index contributed by atoms with van der Waals surface area (Å²) in [6.45, 7) is 1.90. The molecule has 2 amide bonds. The minimum atomic E-state index is -0.157. The molecule has 2 fully saturated rings. The van der Waals surface area contributed by atoms with Crippen molar-refractivity contribution in [3.05, 3.63) is 40.9 Å². The number of aryl methyl sites for hydroxylation is 1. The minimum Gasteiger partial charge on any atom is -0.274 e. The van der Waals surface area contributed by atoms with Gasteiger partial charge in [-0.3, -0.25) is 9.59 Å². The van der Waals surface area contributed by atoms with E-state index in [4.69, 9.17) is 11.6 Å². The zero-order valence-electron chi connectivity index (χ0n) is 11.0. The first-order chi connectivity index (χ1) is 9.58. The lowest BCUT2D eigenvalue weighted by Gasteiger charge is -2.19. The molecule has 0 radical (unpaired) electrons. The molecule has 1 aromatic rings. The second kappa shape index (κ2) is 3.95. The van der Waals surface area contributed by atoms with E-state index in [1.807, 2.05) is 13.0 Å². The Morgan fingerprint density at radius 3 is 2.30 bits per heavy atom. The molecule has 1 aromatic carbocycles. The quantitative estimate of drug-likeness (QED) is 0.588. The van der Waals surface area contributed by atoms with Crippen LogP contribution in [0, 0.1) is 30.6 Å². The Labute approximate surface area is 122 Å². The molecule has 2 bridgehead atoms. The highest BCUT2D eigenvalue weighted by Crippen LogP contribution is 2.53. The number of halogens is 1. The van der Waals surface area contributed by atoms with Crippen molar-refractivity contribution in [1.29, 1.82) is 0 Å². The molecule has 0 N–H and O–H groups in total. The van der Waals surface area contributed by atoms with Gasteiger partial charge in [0.1, 0.15) is 0 Å². The summed E-state index contributed by atoms with van der Waals surface area (Å²) in [5.74, 6) is 0.0630. The smallest absolute Gasteiger partial charge is 0.238 e. The number of hydrogen-bond acceptors (Lipinski definition) is 2. The van der Waals surface area contributed by atoms with Crippen LogP contribution in [-0.4, -0.2) is 11.8 Å². The number of benzene rings is 1. The standard InChI is InChI=1S/C16H14ClNO2/c1-8-2-5-11(17)7-12(8)18-15(19)13-9-3-4-10(6-9)14(13)16(18)20/h2-5,7,9-10,13-14H,6H2,1H3/t9-,10-,13-,14+/m0/s1. The zero-order chi connectivity index (χ0) is 14.0. The largest absolute Gasteiger partial charge is 0.274 e. The zero-order valence-corrected chi connectivity index (χ0v) is 11.8. The van der Waals surface area contributed by atoms with Gasteiger partial charge in [-0.25, -0.2) is 4.90 Å². The van der Waals surface area contributed by atoms with Gasteiger partial charge in [-0.2, -0.15) is 0 Å². The molecule has 4 heteroatoms. The summed E-state index contributed by atoms with van der Waals surface area (Å²) >= 11 is 6.02. The lowest BCUT2D eigenvalue weighted by molar-refractivity contribution is -0.123. The highest BCUT2D eigenvalue weighted by molar-refractivity contribution is 6.31. The molecule has 0 spiro atoms. The van der Waals surface area contributed by atoms with Crippen molar-refractivity contribution in [3.63, 3.8) is 0 Å². The third-order valence-electron chi connectivity index (χ3n) is 4.88. The van der Waals surface area contributed by atoms with E-state index in [-0.39, 0.29) is 35.5 Å². The topological polar surface area (TPSA) is 37.4 Å². The number of nitrogens with zero attached hydrogens (tertiary/aromatic N) is 1. The van der Waals surface area contributed by atoms with E-state index in [9.17, 15) is 9.59 Å². The lowest BCUT2D eigenvalue weighted by atomic mass is 9.85. The van der Waals surface area contributed by atoms with Crippen molar-refractivity contribution < 1.29 is 9.59 Å². The Balaban J connectivity index is 1.80. The van der Waals surface area contributed by atoms with Crippen molar-refractivity contribution in [3.8, 4) is 0 Å². The summed E-state index contributed by atoms with van der Waals surface area (Å²) in [4.78, 5) is 26.7. The van der Waals surface area contributed by atoms with E-state index in [0.29, 0.717) is 10.7 Å². The van der Waals surface area contributed by atoms with Gasteiger partial charge in [-0.1, -0.05) is 29.8 Å². The van der Waals surface area contributed by atoms with Crippen LogP contribution in [0.15, 0.2) is 30.4 Å². The Hall–Kier alpha value is -1.61. The first kappa shape index (κ1) is 12.2. The van der Waals surface area contributed by atoms with Crippen LogP contribution in [0.2, 0.25) is 5.02 Å². The third kappa shape index (κ3) is 1.41. The van der Waals surface area contributed by atoms with E-state index in [1.165, 1.54) is 4.90 Å². The average molecular weight is 288 g/mol. The Morgan fingerprint density at radius 2 is 1.70 bits per heavy atom. The van der Waals surface area contributed by atoms with Gasteiger partial charge < -0.3 is 0 Å². The molecule has 4 rings (SSSR count). The summed E-state index contributed by atoms with van der Waals surface area (Å²) in [6, 6.07) is 5.33. The molecule has 1 heterocycles. The van der Waals surface area contributed by atoms with Gasteiger partial charge in [0.05, 0.1) is 17.5 Å². The molecule has 2 aliphatic carbocycles. The average Bonchev–Trinajstić information content (AvgIpc) is 3.08. The molecule has 4 atom stereocenters. The van der Waals surface area contributed by atoms with Crippen LogP contribution in [0.4, 0.5) is 5.69 Å². The van der Waals surface area contributed by atoms with Crippen LogP contribution in [0.3, 0.4) is 0 Å². The van der Waals surface area contributed by atoms with E-state index in [0.717, 1.165) is 12.0 Å². The van der Waals surface area contributed by atoms with Crippen LogP contribution >= 0.6 is 11.6 Å².